The zero-order valence-electron chi connectivity index (χ0n) is 18.4. The summed E-state index contributed by atoms with van der Waals surface area (Å²) in [6.07, 6.45) is 2.06. The normalized spacial score (nSPS) is 16.4. The lowest BCUT2D eigenvalue weighted by Gasteiger charge is -2.32. The van der Waals surface area contributed by atoms with E-state index in [4.69, 9.17) is 18.9 Å². The highest BCUT2D eigenvalue weighted by Crippen LogP contribution is 2.33. The maximum Gasteiger partial charge on any atom is 0.355 e. The second-order valence-electron chi connectivity index (χ2n) is 7.50. The molecule has 3 rings (SSSR count). The van der Waals surface area contributed by atoms with E-state index >= 15 is 0 Å². The minimum absolute atomic E-state index is 0.0202. The van der Waals surface area contributed by atoms with Gasteiger partial charge in [-0.2, -0.15) is 0 Å². The molecule has 9 nitrogen and oxygen atoms in total. The molecule has 0 unspecified atom stereocenters. The van der Waals surface area contributed by atoms with Gasteiger partial charge in [-0.25, -0.2) is 9.59 Å². The molecule has 1 aromatic rings. The molecular formula is C22H28N2O7. The summed E-state index contributed by atoms with van der Waals surface area (Å²) in [6, 6.07) is 3.63. The summed E-state index contributed by atoms with van der Waals surface area (Å²) in [5.74, 6) is -0.719. The highest BCUT2D eigenvalue weighted by Gasteiger charge is 2.33. The van der Waals surface area contributed by atoms with Gasteiger partial charge in [0.2, 0.25) is 0 Å². The number of hydrogen-bond acceptors (Lipinski definition) is 8. The Morgan fingerprint density at radius 3 is 2.19 bits per heavy atom. The van der Waals surface area contributed by atoms with Crippen LogP contribution in [0.15, 0.2) is 23.4 Å². The van der Waals surface area contributed by atoms with Crippen molar-refractivity contribution in [2.24, 2.45) is 0 Å². The van der Waals surface area contributed by atoms with Crippen LogP contribution in [-0.2, 0) is 28.6 Å². The van der Waals surface area contributed by atoms with E-state index in [9.17, 15) is 14.4 Å². The zero-order valence-corrected chi connectivity index (χ0v) is 18.4. The largest absolute Gasteiger partial charge is 0.483 e. The Morgan fingerprint density at radius 1 is 1.00 bits per heavy atom. The average Bonchev–Trinajstić information content (AvgIpc) is 3.31. The predicted molar refractivity (Wildman–Crippen MR) is 112 cm³/mol. The van der Waals surface area contributed by atoms with E-state index < -0.39 is 11.9 Å². The number of rotatable bonds is 6. The third kappa shape index (κ3) is 4.82. The van der Waals surface area contributed by atoms with Crippen molar-refractivity contribution in [2.75, 3.05) is 52.2 Å². The summed E-state index contributed by atoms with van der Waals surface area (Å²) >= 11 is 0. The molecule has 168 valence electrons. The highest BCUT2D eigenvalue weighted by molar-refractivity contribution is 6.03. The second kappa shape index (κ2) is 9.82. The number of ether oxygens (including phenoxy) is 4. The number of amides is 1. The molecule has 2 heterocycles. The molecular weight excluding hydrogens is 404 g/mol. The van der Waals surface area contributed by atoms with E-state index in [0.29, 0.717) is 11.4 Å². The first kappa shape index (κ1) is 22.6. The van der Waals surface area contributed by atoms with Crippen molar-refractivity contribution in [1.29, 1.82) is 0 Å². The van der Waals surface area contributed by atoms with Crippen molar-refractivity contribution < 1.29 is 33.3 Å². The predicted octanol–water partition coefficient (Wildman–Crippen LogP) is 1.70. The van der Waals surface area contributed by atoms with Gasteiger partial charge in [-0.3, -0.25) is 4.79 Å². The fourth-order valence-corrected chi connectivity index (χ4v) is 3.85. The number of hydrogen-bond donors (Lipinski definition) is 0. The van der Waals surface area contributed by atoms with Crippen LogP contribution in [0.1, 0.15) is 24.0 Å². The van der Waals surface area contributed by atoms with Gasteiger partial charge in [-0.05, 0) is 49.9 Å². The lowest BCUT2D eigenvalue weighted by molar-refractivity contribution is -0.140. The first-order valence-corrected chi connectivity index (χ1v) is 10.1. The Balaban J connectivity index is 1.87. The van der Waals surface area contributed by atoms with Crippen LogP contribution in [-0.4, -0.2) is 70.0 Å². The van der Waals surface area contributed by atoms with Crippen LogP contribution >= 0.6 is 0 Å². The van der Waals surface area contributed by atoms with Crippen LogP contribution in [0.2, 0.25) is 0 Å². The number of likely N-dealkylation sites (tertiary alicyclic amines) is 1. The molecule has 1 aromatic carbocycles. The standard InChI is InChI=1S/C22H28N2O7/c1-14-9-16(10-15(2)20(14)31-12-18(25)23-7-5-6-8-23)24-13-30-11-17(21(26)28-3)19(24)22(27)29-4/h9-10H,5-8,11-13H2,1-4H3. The van der Waals surface area contributed by atoms with Crippen molar-refractivity contribution in [2.45, 2.75) is 26.7 Å². The number of nitrogens with zero attached hydrogens (tertiary/aromatic N) is 2. The summed E-state index contributed by atoms with van der Waals surface area (Å²) in [7, 11) is 2.50. The van der Waals surface area contributed by atoms with Crippen molar-refractivity contribution >= 4 is 23.5 Å². The van der Waals surface area contributed by atoms with Gasteiger partial charge >= 0.3 is 11.9 Å². The minimum Gasteiger partial charge on any atom is -0.483 e. The third-order valence-corrected chi connectivity index (χ3v) is 5.39. The maximum absolute atomic E-state index is 12.5. The van der Waals surface area contributed by atoms with Crippen LogP contribution in [0, 0.1) is 13.8 Å². The maximum atomic E-state index is 12.5. The molecule has 31 heavy (non-hydrogen) atoms. The lowest BCUT2D eigenvalue weighted by atomic mass is 10.1. The monoisotopic (exact) mass is 432 g/mol. The van der Waals surface area contributed by atoms with Gasteiger partial charge in [-0.15, -0.1) is 0 Å². The first-order chi connectivity index (χ1) is 14.9. The van der Waals surface area contributed by atoms with Crippen LogP contribution in [0.5, 0.6) is 5.75 Å². The summed E-state index contributed by atoms with van der Waals surface area (Å²) in [4.78, 5) is 40.3. The summed E-state index contributed by atoms with van der Waals surface area (Å²) < 4.78 is 21.0. The number of methoxy groups -OCH3 is 2. The number of esters is 2. The molecule has 0 aliphatic carbocycles. The third-order valence-electron chi connectivity index (χ3n) is 5.39. The van der Waals surface area contributed by atoms with Gasteiger partial charge in [0.05, 0.1) is 26.4 Å². The van der Waals surface area contributed by atoms with E-state index in [1.807, 2.05) is 30.9 Å². The molecule has 0 saturated carbocycles. The van der Waals surface area contributed by atoms with Gasteiger partial charge in [-0.1, -0.05) is 0 Å². The average molecular weight is 432 g/mol. The zero-order chi connectivity index (χ0) is 22.5. The van der Waals surface area contributed by atoms with Gasteiger partial charge in [0.15, 0.2) is 6.61 Å². The van der Waals surface area contributed by atoms with Crippen LogP contribution in [0.25, 0.3) is 0 Å². The van der Waals surface area contributed by atoms with Crippen LogP contribution in [0.4, 0.5) is 5.69 Å². The van der Waals surface area contributed by atoms with E-state index in [0.717, 1.165) is 37.1 Å². The van der Waals surface area contributed by atoms with Crippen LogP contribution in [0.3, 0.4) is 0 Å². The SMILES string of the molecule is COC(=O)C1=C(C(=O)OC)N(c2cc(C)c(OCC(=O)N3CCCC3)c(C)c2)COC1. The van der Waals surface area contributed by atoms with Gasteiger partial charge in [0.25, 0.3) is 5.91 Å². The fraction of sp³-hybridized carbons (Fsp3) is 0.500. The molecule has 1 fully saturated rings. The second-order valence-corrected chi connectivity index (χ2v) is 7.50. The smallest absolute Gasteiger partial charge is 0.355 e. The molecule has 1 saturated heterocycles. The minimum atomic E-state index is -0.657. The van der Waals surface area contributed by atoms with Gasteiger partial charge in [0, 0.05) is 18.8 Å². The quantitative estimate of drug-likeness (QED) is 0.627. The van der Waals surface area contributed by atoms with E-state index in [2.05, 4.69) is 0 Å². The molecule has 0 radical (unpaired) electrons. The molecule has 0 bridgehead atoms. The summed E-state index contributed by atoms with van der Waals surface area (Å²) in [5.41, 5.74) is 2.39. The van der Waals surface area contributed by atoms with Crippen molar-refractivity contribution in [3.05, 3.63) is 34.5 Å². The number of benzene rings is 1. The van der Waals surface area contributed by atoms with Crippen molar-refractivity contribution in [3.8, 4) is 5.75 Å². The highest BCUT2D eigenvalue weighted by atomic mass is 16.5. The molecule has 1 amide bonds. The number of anilines is 1. The summed E-state index contributed by atoms with van der Waals surface area (Å²) in [6.45, 7) is 5.27. The van der Waals surface area contributed by atoms with E-state index in [1.165, 1.54) is 14.2 Å². The number of carbonyl (C=O) groups is 3. The Labute approximate surface area is 181 Å². The molecule has 0 atom stereocenters. The molecule has 0 aromatic heterocycles. The first-order valence-electron chi connectivity index (χ1n) is 10.1. The van der Waals surface area contributed by atoms with Crippen molar-refractivity contribution in [3.63, 3.8) is 0 Å². The molecule has 2 aliphatic heterocycles. The molecule has 2 aliphatic rings. The molecule has 9 heteroatoms. The van der Waals surface area contributed by atoms with E-state index in [-0.39, 0.29) is 37.1 Å². The van der Waals surface area contributed by atoms with E-state index in [1.54, 1.807) is 4.90 Å². The number of aryl methyl sites for hydroxylation is 2. The fourth-order valence-electron chi connectivity index (χ4n) is 3.85. The van der Waals surface area contributed by atoms with Crippen LogP contribution < -0.4 is 9.64 Å². The topological polar surface area (TPSA) is 94.6 Å². The Bertz CT molecular complexity index is 880. The lowest BCUT2D eigenvalue weighted by Crippen LogP contribution is -2.38. The Kier molecular flexibility index (Phi) is 7.17. The summed E-state index contributed by atoms with van der Waals surface area (Å²) in [5, 5.41) is 0. The molecule has 0 N–H and O–H groups in total. The Hall–Kier alpha value is -3.07. The Morgan fingerprint density at radius 2 is 1.61 bits per heavy atom. The van der Waals surface area contributed by atoms with Gasteiger partial charge in [0.1, 0.15) is 18.2 Å². The molecule has 0 spiro atoms. The number of carbonyl (C=O) groups excluding carboxylic acids is 3. The van der Waals surface area contributed by atoms with Gasteiger partial charge < -0.3 is 28.7 Å². The van der Waals surface area contributed by atoms with Crippen molar-refractivity contribution in [1.82, 2.24) is 4.90 Å².